The summed E-state index contributed by atoms with van der Waals surface area (Å²) >= 11 is 6.11. The van der Waals surface area contributed by atoms with Gasteiger partial charge < -0.3 is 15.4 Å². The van der Waals surface area contributed by atoms with E-state index < -0.39 is 29.9 Å². The summed E-state index contributed by atoms with van der Waals surface area (Å²) in [7, 11) is 0. The van der Waals surface area contributed by atoms with Crippen molar-refractivity contribution in [3.05, 3.63) is 94.8 Å². The van der Waals surface area contributed by atoms with Crippen molar-refractivity contribution < 1.29 is 27.1 Å². The number of fused-ring (bicyclic) bond motifs is 2. The molecule has 0 radical (unpaired) electrons. The Bertz CT molecular complexity index is 1300. The van der Waals surface area contributed by atoms with Gasteiger partial charge in [0.1, 0.15) is 11.3 Å². The Labute approximate surface area is 228 Å². The summed E-state index contributed by atoms with van der Waals surface area (Å²) in [6, 6.07) is 17.5. The van der Waals surface area contributed by atoms with Gasteiger partial charge in [-0.3, -0.25) is 4.98 Å². The van der Waals surface area contributed by atoms with Crippen LogP contribution in [0.15, 0.2) is 72.9 Å². The van der Waals surface area contributed by atoms with E-state index in [1.807, 2.05) is 30.3 Å². The SMILES string of the molecule is O=C(N[C@@H]1C[C@H]2CC[C@@H]1C2)N[C@](Cc1ccccc1)(c1cccc(OC(F)(F)C(F)F)c1)c1ccc(Cl)cn1. The standard InChI is InChI=1S/C29H28ClF4N3O2/c30-22-11-12-25(35-17-22)28(16-18-5-2-1-3-6-18,37-27(38)36-24-14-19-9-10-20(24)13-19)21-7-4-8-23(15-21)39-29(33,34)26(31)32/h1-8,11-12,15,17,19-20,24,26H,9-10,13-14,16H2,(H2,36,37,38)/t19-,20+,24+,28+/m0/s1. The number of amides is 2. The van der Waals surface area contributed by atoms with Gasteiger partial charge in [0.05, 0.1) is 10.7 Å². The van der Waals surface area contributed by atoms with Gasteiger partial charge in [-0.1, -0.05) is 60.5 Å². The Hall–Kier alpha value is -3.33. The lowest BCUT2D eigenvalue weighted by molar-refractivity contribution is -0.253. The fourth-order valence-electron chi connectivity index (χ4n) is 5.90. The molecule has 0 unspecified atom stereocenters. The molecule has 3 aromatic rings. The Morgan fingerprint density at radius 2 is 1.85 bits per heavy atom. The molecule has 0 aliphatic heterocycles. The number of aromatic nitrogens is 1. The number of benzene rings is 2. The Morgan fingerprint density at radius 1 is 1.05 bits per heavy atom. The van der Waals surface area contributed by atoms with Crippen molar-refractivity contribution in [3.63, 3.8) is 0 Å². The van der Waals surface area contributed by atoms with Crippen LogP contribution >= 0.6 is 11.6 Å². The highest BCUT2D eigenvalue weighted by molar-refractivity contribution is 6.30. The molecule has 2 saturated carbocycles. The topological polar surface area (TPSA) is 63.2 Å². The molecule has 2 aromatic carbocycles. The van der Waals surface area contributed by atoms with Gasteiger partial charge >= 0.3 is 18.6 Å². The smallest absolute Gasteiger partial charge is 0.428 e. The zero-order valence-corrected chi connectivity index (χ0v) is 21.7. The van der Waals surface area contributed by atoms with Gasteiger partial charge in [-0.15, -0.1) is 0 Å². The number of carbonyl (C=O) groups excluding carboxylic acids is 1. The second kappa shape index (κ2) is 11.0. The highest BCUT2D eigenvalue weighted by Gasteiger charge is 2.45. The highest BCUT2D eigenvalue weighted by atomic mass is 35.5. The molecule has 0 spiro atoms. The maximum Gasteiger partial charge on any atom is 0.461 e. The number of halogens is 5. The Kier molecular flexibility index (Phi) is 7.71. The van der Waals surface area contributed by atoms with Gasteiger partial charge in [0.2, 0.25) is 0 Å². The van der Waals surface area contributed by atoms with Gasteiger partial charge in [-0.25, -0.2) is 4.79 Å². The van der Waals surface area contributed by atoms with Crippen molar-refractivity contribution >= 4 is 17.6 Å². The van der Waals surface area contributed by atoms with Crippen LogP contribution in [0.25, 0.3) is 0 Å². The number of hydrogen-bond acceptors (Lipinski definition) is 3. The number of ether oxygens (including phenoxy) is 1. The maximum absolute atomic E-state index is 13.8. The molecule has 10 heteroatoms. The molecule has 1 heterocycles. The molecule has 2 aliphatic rings. The first-order valence-electron chi connectivity index (χ1n) is 12.8. The highest BCUT2D eigenvalue weighted by Crippen LogP contribution is 2.44. The lowest BCUT2D eigenvalue weighted by Crippen LogP contribution is -2.55. The van der Waals surface area contributed by atoms with Crippen LogP contribution in [0.1, 0.15) is 42.5 Å². The van der Waals surface area contributed by atoms with E-state index in [4.69, 9.17) is 11.6 Å². The normalized spacial score (nSPS) is 21.9. The van der Waals surface area contributed by atoms with Crippen LogP contribution in [0.4, 0.5) is 22.4 Å². The van der Waals surface area contributed by atoms with Crippen LogP contribution in [0.3, 0.4) is 0 Å². The van der Waals surface area contributed by atoms with E-state index in [9.17, 15) is 22.4 Å². The molecule has 5 rings (SSSR count). The molecule has 2 bridgehead atoms. The van der Waals surface area contributed by atoms with E-state index in [1.165, 1.54) is 24.8 Å². The largest absolute Gasteiger partial charge is 0.461 e. The number of nitrogens with zero attached hydrogens (tertiary/aromatic N) is 1. The van der Waals surface area contributed by atoms with Crippen LogP contribution in [0.5, 0.6) is 5.75 Å². The average molecular weight is 562 g/mol. The third-order valence-electron chi connectivity index (χ3n) is 7.69. The number of urea groups is 1. The first kappa shape index (κ1) is 27.2. The third-order valence-corrected chi connectivity index (χ3v) is 7.92. The minimum absolute atomic E-state index is 0.0377. The van der Waals surface area contributed by atoms with Gasteiger partial charge in [0.15, 0.2) is 0 Å². The summed E-state index contributed by atoms with van der Waals surface area (Å²) in [6.07, 6.45) is -2.84. The van der Waals surface area contributed by atoms with Crippen molar-refractivity contribution in [1.29, 1.82) is 0 Å². The maximum atomic E-state index is 13.8. The number of rotatable bonds is 9. The van der Waals surface area contributed by atoms with Gasteiger partial charge in [0.25, 0.3) is 0 Å². The quantitative estimate of drug-likeness (QED) is 0.278. The minimum atomic E-state index is -4.69. The summed E-state index contributed by atoms with van der Waals surface area (Å²) in [6.45, 7) is 0. The van der Waals surface area contributed by atoms with Crippen molar-refractivity contribution in [2.45, 2.75) is 56.2 Å². The van der Waals surface area contributed by atoms with E-state index in [1.54, 1.807) is 18.2 Å². The number of nitrogens with one attached hydrogen (secondary N) is 2. The van der Waals surface area contributed by atoms with Crippen LogP contribution in [-0.4, -0.2) is 29.6 Å². The van der Waals surface area contributed by atoms with E-state index in [0.717, 1.165) is 30.9 Å². The summed E-state index contributed by atoms with van der Waals surface area (Å²) < 4.78 is 57.8. The summed E-state index contributed by atoms with van der Waals surface area (Å²) in [5.74, 6) is 0.559. The molecule has 2 aliphatic carbocycles. The van der Waals surface area contributed by atoms with Gasteiger partial charge in [-0.05, 0) is 66.5 Å². The van der Waals surface area contributed by atoms with Crippen molar-refractivity contribution in [1.82, 2.24) is 15.6 Å². The molecule has 4 atom stereocenters. The van der Waals surface area contributed by atoms with Crippen LogP contribution in [0.2, 0.25) is 5.02 Å². The molecule has 5 nitrogen and oxygen atoms in total. The number of pyridine rings is 1. The third kappa shape index (κ3) is 5.98. The molecule has 2 amide bonds. The van der Waals surface area contributed by atoms with Gasteiger partial charge in [0, 0.05) is 18.7 Å². The second-order valence-electron chi connectivity index (χ2n) is 10.3. The number of hydrogen-bond donors (Lipinski definition) is 2. The van der Waals surface area contributed by atoms with Crippen LogP contribution in [0, 0.1) is 11.8 Å². The summed E-state index contributed by atoms with van der Waals surface area (Å²) in [5.41, 5.74) is 0.148. The van der Waals surface area contributed by atoms with Crippen molar-refractivity contribution in [3.8, 4) is 5.75 Å². The first-order valence-corrected chi connectivity index (χ1v) is 13.2. The minimum Gasteiger partial charge on any atom is -0.428 e. The van der Waals surface area contributed by atoms with Crippen molar-refractivity contribution in [2.24, 2.45) is 11.8 Å². The fourth-order valence-corrected chi connectivity index (χ4v) is 6.01. The second-order valence-corrected chi connectivity index (χ2v) is 10.7. The zero-order valence-electron chi connectivity index (χ0n) is 20.9. The molecular formula is C29H28ClF4N3O2. The van der Waals surface area contributed by atoms with Crippen molar-refractivity contribution in [2.75, 3.05) is 0 Å². The molecule has 39 heavy (non-hydrogen) atoms. The predicted molar refractivity (Wildman–Crippen MR) is 139 cm³/mol. The molecule has 206 valence electrons. The van der Waals surface area contributed by atoms with Gasteiger partial charge in [-0.2, -0.15) is 17.6 Å². The average Bonchev–Trinajstić information content (AvgIpc) is 3.52. The summed E-state index contributed by atoms with van der Waals surface area (Å²) in [4.78, 5) is 18.1. The van der Waals surface area contributed by atoms with Crippen LogP contribution < -0.4 is 15.4 Å². The van der Waals surface area contributed by atoms with E-state index in [-0.39, 0.29) is 12.5 Å². The molecule has 0 saturated heterocycles. The predicted octanol–water partition coefficient (Wildman–Crippen LogP) is 6.95. The lowest BCUT2D eigenvalue weighted by Gasteiger charge is -2.36. The molecule has 1 aromatic heterocycles. The Balaban J connectivity index is 1.57. The zero-order chi connectivity index (χ0) is 27.6. The molecule has 2 N–H and O–H groups in total. The summed E-state index contributed by atoms with van der Waals surface area (Å²) in [5, 5.41) is 6.57. The lowest BCUT2D eigenvalue weighted by atomic mass is 9.80. The Morgan fingerprint density at radius 3 is 2.49 bits per heavy atom. The van der Waals surface area contributed by atoms with Crippen LogP contribution in [-0.2, 0) is 12.0 Å². The first-order chi connectivity index (χ1) is 18.6. The molecular weight excluding hydrogens is 534 g/mol. The van der Waals surface area contributed by atoms with E-state index in [0.29, 0.717) is 28.1 Å². The van der Waals surface area contributed by atoms with E-state index >= 15 is 0 Å². The van der Waals surface area contributed by atoms with E-state index in [2.05, 4.69) is 20.4 Å². The number of carbonyl (C=O) groups is 1. The molecule has 2 fully saturated rings. The number of alkyl halides is 4. The fraction of sp³-hybridized carbons (Fsp3) is 0.379. The monoisotopic (exact) mass is 561 g/mol.